The maximum Gasteiger partial charge on any atom is 0.337 e. The first kappa shape index (κ1) is 24.2. The van der Waals surface area contributed by atoms with Gasteiger partial charge in [0, 0.05) is 39.1 Å². The number of rotatable bonds is 16. The van der Waals surface area contributed by atoms with Gasteiger partial charge in [0.2, 0.25) is 0 Å². The molecule has 0 fully saturated rings. The van der Waals surface area contributed by atoms with E-state index in [1.807, 2.05) is 13.8 Å². The molecule has 0 aliphatic heterocycles. The third-order valence-electron chi connectivity index (χ3n) is 3.95. The van der Waals surface area contributed by atoms with Crippen LogP contribution < -0.4 is 0 Å². The van der Waals surface area contributed by atoms with Crippen LogP contribution in [0.5, 0.6) is 0 Å². The molecule has 24 heavy (non-hydrogen) atoms. The summed E-state index contributed by atoms with van der Waals surface area (Å²) in [7, 11) is -3.63. The van der Waals surface area contributed by atoms with Crippen molar-refractivity contribution in [1.82, 2.24) is 0 Å². The third-order valence-corrected chi connectivity index (χ3v) is 9.34. The van der Waals surface area contributed by atoms with E-state index in [9.17, 15) is 0 Å². The predicted molar refractivity (Wildman–Crippen MR) is 104 cm³/mol. The molecule has 0 heterocycles. The fraction of sp³-hybridized carbons (Fsp3) is 1.00. The van der Waals surface area contributed by atoms with Gasteiger partial charge in [0.1, 0.15) is 0 Å². The molecule has 1 unspecified atom stereocenters. The van der Waals surface area contributed by atoms with Crippen molar-refractivity contribution in [3.63, 3.8) is 0 Å². The smallest absolute Gasteiger partial charge is 0.337 e. The van der Waals surface area contributed by atoms with Gasteiger partial charge in [0.15, 0.2) is 8.32 Å². The molecular formula is C17H40O5Si2. The van der Waals surface area contributed by atoms with E-state index in [1.54, 1.807) is 0 Å². The van der Waals surface area contributed by atoms with Crippen molar-refractivity contribution in [1.29, 1.82) is 0 Å². The van der Waals surface area contributed by atoms with Crippen LogP contribution in [0.4, 0.5) is 0 Å². The van der Waals surface area contributed by atoms with Crippen LogP contribution in [-0.4, -0.2) is 62.6 Å². The van der Waals surface area contributed by atoms with Crippen LogP contribution in [0.2, 0.25) is 31.7 Å². The highest BCUT2D eigenvalue weighted by Gasteiger charge is 2.30. The Morgan fingerprint density at radius 1 is 0.750 bits per heavy atom. The minimum absolute atomic E-state index is 0.156. The van der Waals surface area contributed by atoms with Gasteiger partial charge in [-0.05, 0) is 52.9 Å². The van der Waals surface area contributed by atoms with Gasteiger partial charge in [-0.15, -0.1) is 0 Å². The second kappa shape index (κ2) is 13.4. The summed E-state index contributed by atoms with van der Waals surface area (Å²) in [4.78, 5) is 0. The molecule has 1 atom stereocenters. The second-order valence-corrected chi connectivity index (χ2v) is 14.3. The standard InChI is InChI=1S/C17H40O5Si2/c1-8-17(19-13-14-23(5,6)20-9-2)16-18-12-15-24(7,21-10-3)22-11-4/h17H,8-16H2,1-7H3. The molecule has 0 spiro atoms. The lowest BCUT2D eigenvalue weighted by Crippen LogP contribution is -2.40. The van der Waals surface area contributed by atoms with E-state index in [1.165, 1.54) is 0 Å². The highest BCUT2D eigenvalue weighted by Crippen LogP contribution is 2.15. The van der Waals surface area contributed by atoms with Crippen LogP contribution in [-0.2, 0) is 22.8 Å². The van der Waals surface area contributed by atoms with Crippen molar-refractivity contribution < 1.29 is 22.8 Å². The largest absolute Gasteiger partial charge is 0.418 e. The topological polar surface area (TPSA) is 46.2 Å². The van der Waals surface area contributed by atoms with Crippen LogP contribution in [0.1, 0.15) is 34.1 Å². The van der Waals surface area contributed by atoms with Crippen LogP contribution in [0.15, 0.2) is 0 Å². The summed E-state index contributed by atoms with van der Waals surface area (Å²) in [6.45, 7) is 19.1. The molecule has 0 aromatic heterocycles. The SMILES string of the molecule is CCO[Si](C)(C)CCOC(CC)COCC[Si](C)(OCC)OCC. The van der Waals surface area contributed by atoms with Crippen LogP contribution in [0.25, 0.3) is 0 Å². The Morgan fingerprint density at radius 2 is 1.33 bits per heavy atom. The monoisotopic (exact) mass is 380 g/mol. The van der Waals surface area contributed by atoms with Gasteiger partial charge in [-0.1, -0.05) is 6.92 Å². The van der Waals surface area contributed by atoms with Gasteiger partial charge < -0.3 is 22.8 Å². The van der Waals surface area contributed by atoms with Crippen LogP contribution in [0, 0.1) is 0 Å². The molecule has 0 bridgehead atoms. The first-order valence-electron chi connectivity index (χ1n) is 9.43. The zero-order valence-electron chi connectivity index (χ0n) is 17.0. The van der Waals surface area contributed by atoms with Gasteiger partial charge in [-0.3, -0.25) is 0 Å². The molecule has 0 amide bonds. The molecule has 146 valence electrons. The predicted octanol–water partition coefficient (Wildman–Crippen LogP) is 4.18. The van der Waals surface area contributed by atoms with Crippen molar-refractivity contribution in [2.45, 2.75) is 71.9 Å². The van der Waals surface area contributed by atoms with Crippen molar-refractivity contribution in [3.8, 4) is 0 Å². The third kappa shape index (κ3) is 11.7. The fourth-order valence-corrected chi connectivity index (χ4v) is 6.13. The second-order valence-electron chi connectivity index (χ2n) is 6.67. The highest BCUT2D eigenvalue weighted by molar-refractivity contribution is 6.71. The van der Waals surface area contributed by atoms with Crippen LogP contribution >= 0.6 is 0 Å². The van der Waals surface area contributed by atoms with Crippen molar-refractivity contribution in [2.75, 3.05) is 39.6 Å². The van der Waals surface area contributed by atoms with E-state index in [0.29, 0.717) is 26.4 Å². The van der Waals surface area contributed by atoms with E-state index in [-0.39, 0.29) is 6.10 Å². The minimum Gasteiger partial charge on any atom is -0.418 e. The van der Waals surface area contributed by atoms with Crippen LogP contribution in [0.3, 0.4) is 0 Å². The lowest BCUT2D eigenvalue weighted by molar-refractivity contribution is -0.0123. The highest BCUT2D eigenvalue weighted by atomic mass is 28.4. The Kier molecular flexibility index (Phi) is 13.6. The first-order chi connectivity index (χ1) is 11.3. The van der Waals surface area contributed by atoms with Gasteiger partial charge in [-0.2, -0.15) is 0 Å². The molecule has 0 N–H and O–H groups in total. The molecule has 0 aromatic rings. The molecule has 0 saturated carbocycles. The summed E-state index contributed by atoms with van der Waals surface area (Å²) < 4.78 is 29.3. The molecule has 0 saturated heterocycles. The summed E-state index contributed by atoms with van der Waals surface area (Å²) in [6, 6.07) is 1.88. The summed E-state index contributed by atoms with van der Waals surface area (Å²) in [5.74, 6) is 0. The van der Waals surface area contributed by atoms with Crippen molar-refractivity contribution >= 4 is 16.9 Å². The lowest BCUT2D eigenvalue weighted by Gasteiger charge is -2.26. The molecule has 0 aliphatic rings. The maximum absolute atomic E-state index is 5.98. The number of hydrogen-bond acceptors (Lipinski definition) is 5. The number of hydrogen-bond donors (Lipinski definition) is 0. The summed E-state index contributed by atoms with van der Waals surface area (Å²) in [5.41, 5.74) is 0. The number of ether oxygens (including phenoxy) is 2. The van der Waals surface area contributed by atoms with Gasteiger partial charge in [0.05, 0.1) is 12.7 Å². The summed E-state index contributed by atoms with van der Waals surface area (Å²) in [5, 5.41) is 0. The Balaban J connectivity index is 4.00. The normalized spacial score (nSPS) is 14.1. The Bertz CT molecular complexity index is 297. The maximum atomic E-state index is 5.98. The van der Waals surface area contributed by atoms with E-state index in [0.717, 1.165) is 31.7 Å². The fourth-order valence-electron chi connectivity index (χ4n) is 2.49. The van der Waals surface area contributed by atoms with E-state index in [2.05, 4.69) is 33.5 Å². The Hall–Kier alpha value is 0.234. The van der Waals surface area contributed by atoms with E-state index >= 15 is 0 Å². The minimum atomic E-state index is -2.07. The average Bonchev–Trinajstić information content (AvgIpc) is 2.50. The van der Waals surface area contributed by atoms with E-state index in [4.69, 9.17) is 22.8 Å². The lowest BCUT2D eigenvalue weighted by atomic mass is 10.3. The molecule has 7 heteroatoms. The van der Waals surface area contributed by atoms with E-state index < -0.39 is 16.9 Å². The molecule has 0 aliphatic carbocycles. The molecule has 5 nitrogen and oxygen atoms in total. The molecular weight excluding hydrogens is 340 g/mol. The first-order valence-corrected chi connectivity index (χ1v) is 15.1. The Labute approximate surface area is 151 Å². The van der Waals surface area contributed by atoms with Gasteiger partial charge in [-0.25, -0.2) is 0 Å². The zero-order chi connectivity index (χ0) is 18.5. The van der Waals surface area contributed by atoms with Crippen molar-refractivity contribution in [2.24, 2.45) is 0 Å². The molecule has 0 aromatic carbocycles. The Morgan fingerprint density at radius 3 is 1.83 bits per heavy atom. The quantitative estimate of drug-likeness (QED) is 0.297. The zero-order valence-corrected chi connectivity index (χ0v) is 19.0. The van der Waals surface area contributed by atoms with Gasteiger partial charge >= 0.3 is 8.56 Å². The average molecular weight is 381 g/mol. The molecule has 0 rings (SSSR count). The molecule has 0 radical (unpaired) electrons. The van der Waals surface area contributed by atoms with Crippen molar-refractivity contribution in [3.05, 3.63) is 0 Å². The van der Waals surface area contributed by atoms with Gasteiger partial charge in [0.25, 0.3) is 0 Å². The summed E-state index contributed by atoms with van der Waals surface area (Å²) in [6.07, 6.45) is 1.12. The summed E-state index contributed by atoms with van der Waals surface area (Å²) >= 11 is 0.